The van der Waals surface area contributed by atoms with E-state index in [4.69, 9.17) is 0 Å². The number of aryl methyl sites for hydroxylation is 1. The second-order valence-corrected chi connectivity index (χ2v) is 7.39. The van der Waals surface area contributed by atoms with E-state index < -0.39 is 0 Å². The first-order chi connectivity index (χ1) is 13.6. The first-order valence-electron chi connectivity index (χ1n) is 9.54. The van der Waals surface area contributed by atoms with Crippen molar-refractivity contribution in [2.75, 3.05) is 45.1 Å². The fourth-order valence-corrected chi connectivity index (χ4v) is 3.50. The van der Waals surface area contributed by atoms with E-state index in [-0.39, 0.29) is 5.91 Å². The van der Waals surface area contributed by atoms with Gasteiger partial charge in [0.2, 0.25) is 5.91 Å². The maximum absolute atomic E-state index is 12.5. The Morgan fingerprint density at radius 2 is 1.96 bits per heavy atom. The van der Waals surface area contributed by atoms with E-state index in [0.29, 0.717) is 12.4 Å². The highest BCUT2D eigenvalue weighted by atomic mass is 16.2. The van der Waals surface area contributed by atoms with Gasteiger partial charge in [-0.2, -0.15) is 5.10 Å². The predicted molar refractivity (Wildman–Crippen MR) is 109 cm³/mol. The highest BCUT2D eigenvalue weighted by molar-refractivity contribution is 5.93. The van der Waals surface area contributed by atoms with Crippen LogP contribution in [0.4, 0.5) is 5.82 Å². The second-order valence-electron chi connectivity index (χ2n) is 7.39. The molecular weight excluding hydrogens is 354 g/mol. The largest absolute Gasteiger partial charge is 0.308 e. The summed E-state index contributed by atoms with van der Waals surface area (Å²) in [4.78, 5) is 16.9. The first-order valence-corrected chi connectivity index (χ1v) is 9.54. The Morgan fingerprint density at radius 1 is 1.07 bits per heavy atom. The summed E-state index contributed by atoms with van der Waals surface area (Å²) in [5, 5.41) is 16.4. The van der Waals surface area contributed by atoms with Gasteiger partial charge in [-0.15, -0.1) is 10.2 Å². The van der Waals surface area contributed by atoms with E-state index in [1.165, 1.54) is 0 Å². The molecule has 1 saturated heterocycles. The molecule has 0 unspecified atom stereocenters. The van der Waals surface area contributed by atoms with Gasteiger partial charge in [-0.1, -0.05) is 6.07 Å². The number of carbonyl (C=O) groups is 1. The fraction of sp³-hybridized carbons (Fsp3) is 0.400. The summed E-state index contributed by atoms with van der Waals surface area (Å²) >= 11 is 0. The third-order valence-corrected chi connectivity index (χ3v) is 5.07. The van der Waals surface area contributed by atoms with Crippen molar-refractivity contribution < 1.29 is 4.79 Å². The topological polar surface area (TPSA) is 79.2 Å². The van der Waals surface area contributed by atoms with Crippen molar-refractivity contribution >= 4 is 22.6 Å². The summed E-state index contributed by atoms with van der Waals surface area (Å²) in [6, 6.07) is 7.85. The van der Waals surface area contributed by atoms with E-state index in [1.807, 2.05) is 43.7 Å². The monoisotopic (exact) mass is 379 g/mol. The number of hydrogen-bond donors (Lipinski definition) is 1. The lowest BCUT2D eigenvalue weighted by molar-refractivity contribution is -0.117. The summed E-state index contributed by atoms with van der Waals surface area (Å²) in [6.45, 7) is 4.29. The molecule has 0 bridgehead atoms. The summed E-state index contributed by atoms with van der Waals surface area (Å²) < 4.78 is 1.77. The molecule has 3 heterocycles. The van der Waals surface area contributed by atoms with Crippen molar-refractivity contribution in [2.24, 2.45) is 7.05 Å². The van der Waals surface area contributed by atoms with Crippen molar-refractivity contribution in [1.29, 1.82) is 0 Å². The standard InChI is InChI=1S/C20H25N7O/c1-25-6-3-7-27(9-8-25)14-20(28)22-19-11-16-10-15(4-5-18(16)23-24-19)17-12-21-26(2)13-17/h4-5,10-13H,3,6-9,14H2,1-2H3,(H,22,24,28). The highest BCUT2D eigenvalue weighted by Gasteiger charge is 2.15. The van der Waals surface area contributed by atoms with Gasteiger partial charge >= 0.3 is 0 Å². The van der Waals surface area contributed by atoms with Crippen molar-refractivity contribution in [3.8, 4) is 11.1 Å². The molecule has 1 aliphatic heterocycles. The van der Waals surface area contributed by atoms with Crippen LogP contribution in [-0.4, -0.2) is 75.5 Å². The maximum atomic E-state index is 12.5. The number of nitrogens with one attached hydrogen (secondary N) is 1. The Labute approximate surface area is 164 Å². The molecule has 146 valence electrons. The zero-order valence-corrected chi connectivity index (χ0v) is 16.3. The molecule has 0 saturated carbocycles. The average Bonchev–Trinajstić information content (AvgIpc) is 3.01. The lowest BCUT2D eigenvalue weighted by Crippen LogP contribution is -2.36. The summed E-state index contributed by atoms with van der Waals surface area (Å²) in [7, 11) is 4.01. The van der Waals surface area contributed by atoms with E-state index in [2.05, 4.69) is 37.5 Å². The molecule has 0 aliphatic carbocycles. The molecule has 2 aromatic heterocycles. The molecule has 1 aliphatic rings. The van der Waals surface area contributed by atoms with Crippen LogP contribution in [0.1, 0.15) is 6.42 Å². The summed E-state index contributed by atoms with van der Waals surface area (Å²) in [6.07, 6.45) is 4.88. The second kappa shape index (κ2) is 8.04. The number of fused-ring (bicyclic) bond motifs is 1. The zero-order chi connectivity index (χ0) is 19.5. The number of aromatic nitrogens is 4. The number of rotatable bonds is 4. The molecule has 1 N–H and O–H groups in total. The molecule has 4 rings (SSSR count). The lowest BCUT2D eigenvalue weighted by Gasteiger charge is -2.19. The van der Waals surface area contributed by atoms with Gasteiger partial charge in [0.1, 0.15) is 0 Å². The minimum Gasteiger partial charge on any atom is -0.308 e. The van der Waals surface area contributed by atoms with Crippen LogP contribution in [0.25, 0.3) is 22.0 Å². The van der Waals surface area contributed by atoms with Gasteiger partial charge in [0, 0.05) is 37.3 Å². The smallest absolute Gasteiger partial charge is 0.239 e. The van der Waals surface area contributed by atoms with E-state index in [9.17, 15) is 4.79 Å². The van der Waals surface area contributed by atoms with Crippen molar-refractivity contribution in [3.05, 3.63) is 36.7 Å². The van der Waals surface area contributed by atoms with Gasteiger partial charge in [0.15, 0.2) is 5.82 Å². The number of amides is 1. The van der Waals surface area contributed by atoms with Crippen LogP contribution in [0, 0.1) is 0 Å². The van der Waals surface area contributed by atoms with Gasteiger partial charge < -0.3 is 10.2 Å². The average molecular weight is 379 g/mol. The Kier molecular flexibility index (Phi) is 5.31. The van der Waals surface area contributed by atoms with Crippen LogP contribution in [0.3, 0.4) is 0 Å². The molecule has 0 atom stereocenters. The number of benzene rings is 1. The van der Waals surface area contributed by atoms with Crippen molar-refractivity contribution in [2.45, 2.75) is 6.42 Å². The minimum atomic E-state index is -0.0541. The normalized spacial score (nSPS) is 16.2. The van der Waals surface area contributed by atoms with E-state index in [0.717, 1.165) is 54.6 Å². The quantitative estimate of drug-likeness (QED) is 0.742. The SMILES string of the molecule is CN1CCCN(CC(=O)Nc2cc3cc(-c4cnn(C)c4)ccc3nn2)CC1. The van der Waals surface area contributed by atoms with Crippen LogP contribution in [-0.2, 0) is 11.8 Å². The Bertz CT molecular complexity index is 984. The van der Waals surface area contributed by atoms with E-state index >= 15 is 0 Å². The molecule has 0 spiro atoms. The molecule has 0 radical (unpaired) electrons. The van der Waals surface area contributed by atoms with Gasteiger partial charge in [-0.05, 0) is 50.3 Å². The molecule has 28 heavy (non-hydrogen) atoms. The Morgan fingerprint density at radius 3 is 2.79 bits per heavy atom. The van der Waals surface area contributed by atoms with Crippen molar-refractivity contribution in [3.63, 3.8) is 0 Å². The van der Waals surface area contributed by atoms with E-state index in [1.54, 1.807) is 4.68 Å². The first kappa shape index (κ1) is 18.5. The lowest BCUT2D eigenvalue weighted by atomic mass is 10.1. The van der Waals surface area contributed by atoms with Crippen LogP contribution in [0.15, 0.2) is 36.7 Å². The molecule has 1 amide bonds. The van der Waals surface area contributed by atoms with Gasteiger partial charge in [-0.25, -0.2) is 0 Å². The fourth-order valence-electron chi connectivity index (χ4n) is 3.50. The number of anilines is 1. The summed E-state index contributed by atoms with van der Waals surface area (Å²) in [5.74, 6) is 0.425. The van der Waals surface area contributed by atoms with Gasteiger partial charge in [0.05, 0.1) is 18.3 Å². The maximum Gasteiger partial charge on any atom is 0.239 e. The van der Waals surface area contributed by atoms with Crippen LogP contribution in [0.5, 0.6) is 0 Å². The minimum absolute atomic E-state index is 0.0541. The molecule has 8 heteroatoms. The number of nitrogens with zero attached hydrogens (tertiary/aromatic N) is 6. The highest BCUT2D eigenvalue weighted by Crippen LogP contribution is 2.24. The van der Waals surface area contributed by atoms with Crippen LogP contribution in [0.2, 0.25) is 0 Å². The third kappa shape index (κ3) is 4.35. The van der Waals surface area contributed by atoms with Crippen LogP contribution < -0.4 is 5.32 Å². The van der Waals surface area contributed by atoms with Crippen LogP contribution >= 0.6 is 0 Å². The predicted octanol–water partition coefficient (Wildman–Crippen LogP) is 1.61. The molecule has 8 nitrogen and oxygen atoms in total. The van der Waals surface area contributed by atoms with Crippen molar-refractivity contribution in [1.82, 2.24) is 29.8 Å². The summed E-state index contributed by atoms with van der Waals surface area (Å²) in [5.41, 5.74) is 2.89. The number of likely N-dealkylation sites (N-methyl/N-ethyl adjacent to an activating group) is 1. The third-order valence-electron chi connectivity index (χ3n) is 5.07. The zero-order valence-electron chi connectivity index (χ0n) is 16.3. The number of carbonyl (C=O) groups excluding carboxylic acids is 1. The number of hydrogen-bond acceptors (Lipinski definition) is 6. The molecule has 1 aromatic carbocycles. The van der Waals surface area contributed by atoms with Gasteiger partial charge in [0.25, 0.3) is 0 Å². The Balaban J connectivity index is 1.46. The molecular formula is C20H25N7O. The Hall–Kier alpha value is -2.84. The van der Waals surface area contributed by atoms with Gasteiger partial charge in [-0.3, -0.25) is 14.4 Å². The molecule has 3 aromatic rings. The molecule has 1 fully saturated rings.